The number of carboxylic acid groups (broad SMARTS) is 1. The van der Waals surface area contributed by atoms with Crippen LogP contribution in [0.25, 0.3) is 10.9 Å². The molecule has 3 atom stereocenters. The number of methoxy groups -OCH3 is 2. The molecule has 0 aliphatic carbocycles. The monoisotopic (exact) mass is 437 g/mol. The van der Waals surface area contributed by atoms with Gasteiger partial charge in [-0.05, 0) is 35.4 Å². The first kappa shape index (κ1) is 21.4. The summed E-state index contributed by atoms with van der Waals surface area (Å²) >= 11 is 0. The Morgan fingerprint density at radius 2 is 1.94 bits per heavy atom. The van der Waals surface area contributed by atoms with Crippen molar-refractivity contribution < 1.29 is 33.7 Å². The Morgan fingerprint density at radius 1 is 1.16 bits per heavy atom. The minimum Gasteiger partial charge on any atom is -0.496 e. The van der Waals surface area contributed by atoms with Gasteiger partial charge in [0, 0.05) is 28.6 Å². The molecule has 1 aliphatic heterocycles. The fourth-order valence-electron chi connectivity index (χ4n) is 4.25. The Morgan fingerprint density at radius 3 is 2.62 bits per heavy atom. The lowest BCUT2D eigenvalue weighted by molar-refractivity contribution is -0.144. The molecule has 2 heterocycles. The number of aliphatic carboxylic acids is 1. The Hall–Kier alpha value is -3.81. The highest BCUT2D eigenvalue weighted by atomic mass is 16.6. The minimum absolute atomic E-state index is 0.109. The largest absolute Gasteiger partial charge is 0.496 e. The molecule has 1 fully saturated rings. The van der Waals surface area contributed by atoms with E-state index >= 15 is 0 Å². The molecule has 8 nitrogen and oxygen atoms in total. The predicted octanol–water partition coefficient (Wildman–Crippen LogP) is 3.80. The smallest absolute Gasteiger partial charge is 0.337 e. The maximum Gasteiger partial charge on any atom is 0.337 e. The van der Waals surface area contributed by atoms with E-state index in [-0.39, 0.29) is 12.3 Å². The van der Waals surface area contributed by atoms with E-state index in [1.807, 2.05) is 31.3 Å². The quantitative estimate of drug-likeness (QED) is 0.564. The number of rotatable bonds is 6. The van der Waals surface area contributed by atoms with Gasteiger partial charge in [-0.2, -0.15) is 0 Å². The third-order valence-corrected chi connectivity index (χ3v) is 5.98. The van der Waals surface area contributed by atoms with Crippen LogP contribution in [0.1, 0.15) is 52.4 Å². The average Bonchev–Trinajstić information content (AvgIpc) is 3.40. The van der Waals surface area contributed by atoms with Crippen molar-refractivity contribution in [2.45, 2.75) is 25.4 Å². The van der Waals surface area contributed by atoms with Crippen LogP contribution in [0, 0.1) is 5.92 Å². The highest BCUT2D eigenvalue weighted by Gasteiger charge is 2.41. The Kier molecular flexibility index (Phi) is 5.61. The van der Waals surface area contributed by atoms with Gasteiger partial charge in [0.1, 0.15) is 17.8 Å². The zero-order valence-corrected chi connectivity index (χ0v) is 17.9. The summed E-state index contributed by atoms with van der Waals surface area (Å²) in [5.74, 6) is -2.48. The van der Waals surface area contributed by atoms with Gasteiger partial charge < -0.3 is 24.3 Å². The fourth-order valence-corrected chi connectivity index (χ4v) is 4.25. The summed E-state index contributed by atoms with van der Waals surface area (Å²) in [7, 11) is 2.87. The number of carboxylic acids is 1. The molecule has 32 heavy (non-hydrogen) atoms. The van der Waals surface area contributed by atoms with E-state index in [9.17, 15) is 19.5 Å². The molecule has 4 rings (SSSR count). The van der Waals surface area contributed by atoms with Crippen molar-refractivity contribution in [1.29, 1.82) is 0 Å². The summed E-state index contributed by atoms with van der Waals surface area (Å²) in [5, 5.41) is 10.4. The van der Waals surface area contributed by atoms with Gasteiger partial charge in [-0.25, -0.2) is 4.79 Å². The normalized spacial score (nSPS) is 18.9. The van der Waals surface area contributed by atoms with Crippen molar-refractivity contribution in [3.8, 4) is 5.75 Å². The number of esters is 2. The van der Waals surface area contributed by atoms with E-state index in [0.717, 1.165) is 22.0 Å². The van der Waals surface area contributed by atoms with E-state index in [1.54, 1.807) is 25.3 Å². The molecule has 0 spiro atoms. The SMILES string of the molecule is COC(=O)c1ccc(C(C)c2c[nH]c3ccc(C4OC(=O)CC4C(=O)O)cc23)c(OC)c1. The number of carbonyl (C=O) groups excluding carboxylic acids is 2. The minimum atomic E-state index is -1.06. The lowest BCUT2D eigenvalue weighted by Gasteiger charge is -2.18. The van der Waals surface area contributed by atoms with Crippen LogP contribution < -0.4 is 4.74 Å². The van der Waals surface area contributed by atoms with Gasteiger partial charge in [-0.1, -0.05) is 19.1 Å². The van der Waals surface area contributed by atoms with Gasteiger partial charge in [0.2, 0.25) is 0 Å². The van der Waals surface area contributed by atoms with Gasteiger partial charge in [0.25, 0.3) is 0 Å². The van der Waals surface area contributed by atoms with Gasteiger partial charge in [0.05, 0.1) is 26.2 Å². The van der Waals surface area contributed by atoms with Gasteiger partial charge in [-0.15, -0.1) is 0 Å². The summed E-state index contributed by atoms with van der Waals surface area (Å²) in [5.41, 5.74) is 3.74. The van der Waals surface area contributed by atoms with Gasteiger partial charge in [0.15, 0.2) is 0 Å². The molecule has 1 aromatic heterocycles. The zero-order chi connectivity index (χ0) is 23.0. The average molecular weight is 437 g/mol. The third-order valence-electron chi connectivity index (χ3n) is 5.98. The first-order valence-corrected chi connectivity index (χ1v) is 10.1. The predicted molar refractivity (Wildman–Crippen MR) is 115 cm³/mol. The van der Waals surface area contributed by atoms with E-state index in [4.69, 9.17) is 14.2 Å². The molecule has 2 N–H and O–H groups in total. The number of aromatic amines is 1. The van der Waals surface area contributed by atoms with Crippen molar-refractivity contribution in [2.24, 2.45) is 5.92 Å². The molecule has 0 bridgehead atoms. The standard InChI is InChI=1S/C24H23NO7/c1-12(15-6-4-14(24(29)31-3)9-20(15)30-2)18-11-25-19-7-5-13(8-16(18)19)22-17(23(27)28)10-21(26)32-22/h4-9,11-12,17,22,25H,10H2,1-3H3,(H,27,28). The van der Waals surface area contributed by atoms with Crippen LogP contribution in [-0.2, 0) is 19.1 Å². The lowest BCUT2D eigenvalue weighted by Crippen LogP contribution is -2.17. The number of hydrogen-bond donors (Lipinski definition) is 2. The van der Waals surface area contributed by atoms with E-state index < -0.39 is 29.9 Å². The second-order valence-electron chi connectivity index (χ2n) is 7.78. The second-order valence-corrected chi connectivity index (χ2v) is 7.78. The molecule has 3 aromatic rings. The van der Waals surface area contributed by atoms with Crippen LogP contribution >= 0.6 is 0 Å². The van der Waals surface area contributed by atoms with E-state index in [1.165, 1.54) is 7.11 Å². The van der Waals surface area contributed by atoms with Crippen molar-refractivity contribution in [3.63, 3.8) is 0 Å². The van der Waals surface area contributed by atoms with Crippen LogP contribution in [0.5, 0.6) is 5.75 Å². The van der Waals surface area contributed by atoms with Crippen LogP contribution in [0.15, 0.2) is 42.6 Å². The number of cyclic esters (lactones) is 1. The summed E-state index contributed by atoms with van der Waals surface area (Å²) in [4.78, 5) is 38.4. The number of H-pyrrole nitrogens is 1. The number of fused-ring (bicyclic) bond motifs is 1. The Bertz CT molecular complexity index is 1210. The van der Waals surface area contributed by atoms with Gasteiger partial charge in [-0.3, -0.25) is 9.59 Å². The molecule has 2 aromatic carbocycles. The molecular weight excluding hydrogens is 414 g/mol. The maximum absolute atomic E-state index is 11.9. The summed E-state index contributed by atoms with van der Waals surface area (Å²) in [6.07, 6.45) is 0.927. The number of nitrogens with one attached hydrogen (secondary N) is 1. The van der Waals surface area contributed by atoms with E-state index in [2.05, 4.69) is 4.98 Å². The Balaban J connectivity index is 1.74. The van der Waals surface area contributed by atoms with Crippen LogP contribution in [-0.4, -0.2) is 42.2 Å². The van der Waals surface area contributed by atoms with Crippen LogP contribution in [0.4, 0.5) is 0 Å². The highest BCUT2D eigenvalue weighted by Crippen LogP contribution is 2.40. The zero-order valence-electron chi connectivity index (χ0n) is 17.9. The maximum atomic E-state index is 11.9. The topological polar surface area (TPSA) is 115 Å². The number of aromatic nitrogens is 1. The third kappa shape index (κ3) is 3.68. The fraction of sp³-hybridized carbons (Fsp3) is 0.292. The lowest BCUT2D eigenvalue weighted by atomic mass is 9.89. The van der Waals surface area contributed by atoms with Crippen LogP contribution in [0.2, 0.25) is 0 Å². The summed E-state index contributed by atoms with van der Waals surface area (Å²) < 4.78 is 15.6. The molecule has 1 aliphatic rings. The van der Waals surface area contributed by atoms with E-state index in [0.29, 0.717) is 16.9 Å². The molecule has 166 valence electrons. The molecule has 0 radical (unpaired) electrons. The molecular formula is C24H23NO7. The molecule has 3 unspecified atom stereocenters. The van der Waals surface area contributed by atoms with Gasteiger partial charge >= 0.3 is 17.9 Å². The molecule has 1 saturated heterocycles. The number of ether oxygens (including phenoxy) is 3. The number of hydrogen-bond acceptors (Lipinski definition) is 6. The number of benzene rings is 2. The van der Waals surface area contributed by atoms with Crippen molar-refractivity contribution >= 4 is 28.8 Å². The molecule has 0 saturated carbocycles. The highest BCUT2D eigenvalue weighted by molar-refractivity contribution is 5.90. The first-order valence-electron chi connectivity index (χ1n) is 10.1. The van der Waals surface area contributed by atoms with Crippen LogP contribution in [0.3, 0.4) is 0 Å². The second kappa shape index (κ2) is 8.37. The van der Waals surface area contributed by atoms with Crippen molar-refractivity contribution in [3.05, 3.63) is 64.8 Å². The van der Waals surface area contributed by atoms with Crippen molar-refractivity contribution in [2.75, 3.05) is 14.2 Å². The first-order chi connectivity index (χ1) is 15.3. The summed E-state index contributed by atoms with van der Waals surface area (Å²) in [6.45, 7) is 2.01. The summed E-state index contributed by atoms with van der Waals surface area (Å²) in [6, 6.07) is 10.7. The molecule has 0 amide bonds. The number of carbonyl (C=O) groups is 3. The van der Waals surface area contributed by atoms with Crippen molar-refractivity contribution in [1.82, 2.24) is 4.98 Å². The Labute approximate surface area is 184 Å². The molecule has 8 heteroatoms.